The van der Waals surface area contributed by atoms with Gasteiger partial charge in [-0.15, -0.1) is 0 Å². The second-order valence-corrected chi connectivity index (χ2v) is 6.73. The summed E-state index contributed by atoms with van der Waals surface area (Å²) in [6.45, 7) is 6.86. The van der Waals surface area contributed by atoms with Crippen molar-refractivity contribution >= 4 is 11.6 Å². The van der Waals surface area contributed by atoms with E-state index >= 15 is 0 Å². The second-order valence-electron chi connectivity index (χ2n) is 6.73. The van der Waals surface area contributed by atoms with Crippen molar-refractivity contribution in [3.05, 3.63) is 99.5 Å². The largest absolute Gasteiger partial charge is 0.310 e. The fourth-order valence-electron chi connectivity index (χ4n) is 3.10. The van der Waals surface area contributed by atoms with E-state index in [2.05, 4.69) is 0 Å². The van der Waals surface area contributed by atoms with Crippen LogP contribution in [0, 0.1) is 13.8 Å². The summed E-state index contributed by atoms with van der Waals surface area (Å²) < 4.78 is 1.59. The molecule has 0 fully saturated rings. The first kappa shape index (κ1) is 18.6. The maximum absolute atomic E-state index is 13.1. The fourth-order valence-corrected chi connectivity index (χ4v) is 3.10. The standard InChI is InChI=1S/C23H24N2O2/c1-4-25(20-8-5-7-18(3)15-20)23(27)21-9-6-14-24(22(21)26)16-19-12-10-17(2)11-13-19/h5-15H,4,16H2,1-3H3. The summed E-state index contributed by atoms with van der Waals surface area (Å²) in [7, 11) is 0. The number of aromatic nitrogens is 1. The third kappa shape index (κ3) is 4.17. The lowest BCUT2D eigenvalue weighted by Gasteiger charge is -2.21. The molecule has 27 heavy (non-hydrogen) atoms. The Morgan fingerprint density at radius 3 is 2.37 bits per heavy atom. The number of benzene rings is 2. The first-order valence-corrected chi connectivity index (χ1v) is 9.13. The van der Waals surface area contributed by atoms with Crippen molar-refractivity contribution in [1.82, 2.24) is 4.57 Å². The van der Waals surface area contributed by atoms with Crippen molar-refractivity contribution in [3.8, 4) is 0 Å². The van der Waals surface area contributed by atoms with Crippen molar-refractivity contribution in [2.24, 2.45) is 0 Å². The van der Waals surface area contributed by atoms with E-state index in [1.54, 1.807) is 27.8 Å². The van der Waals surface area contributed by atoms with E-state index in [9.17, 15) is 9.59 Å². The number of hydrogen-bond acceptors (Lipinski definition) is 2. The van der Waals surface area contributed by atoms with Gasteiger partial charge in [-0.25, -0.2) is 0 Å². The molecular weight excluding hydrogens is 336 g/mol. The highest BCUT2D eigenvalue weighted by atomic mass is 16.2. The SMILES string of the molecule is CCN(C(=O)c1cccn(Cc2ccc(C)cc2)c1=O)c1cccc(C)c1. The minimum absolute atomic E-state index is 0.188. The average molecular weight is 360 g/mol. The molecule has 0 aliphatic carbocycles. The van der Waals surface area contributed by atoms with Crippen molar-refractivity contribution in [1.29, 1.82) is 0 Å². The zero-order chi connectivity index (χ0) is 19.4. The Morgan fingerprint density at radius 1 is 0.963 bits per heavy atom. The van der Waals surface area contributed by atoms with Crippen molar-refractivity contribution in [2.45, 2.75) is 27.3 Å². The topological polar surface area (TPSA) is 42.3 Å². The van der Waals surface area contributed by atoms with Crippen LogP contribution in [0.5, 0.6) is 0 Å². The highest BCUT2D eigenvalue weighted by Crippen LogP contribution is 2.17. The van der Waals surface area contributed by atoms with E-state index in [1.165, 1.54) is 5.56 Å². The van der Waals surface area contributed by atoms with Crippen LogP contribution in [-0.4, -0.2) is 17.0 Å². The molecule has 3 aromatic rings. The lowest BCUT2D eigenvalue weighted by atomic mass is 10.1. The van der Waals surface area contributed by atoms with Gasteiger partial charge in [-0.1, -0.05) is 42.0 Å². The van der Waals surface area contributed by atoms with Crippen LogP contribution in [0.15, 0.2) is 71.7 Å². The molecule has 0 aliphatic rings. The van der Waals surface area contributed by atoms with Gasteiger partial charge in [0.15, 0.2) is 0 Å². The molecule has 0 unspecified atom stereocenters. The molecule has 4 nitrogen and oxygen atoms in total. The van der Waals surface area contributed by atoms with Crippen LogP contribution in [0.25, 0.3) is 0 Å². The van der Waals surface area contributed by atoms with Gasteiger partial charge in [-0.05, 0) is 56.2 Å². The number of amides is 1. The van der Waals surface area contributed by atoms with Gasteiger partial charge < -0.3 is 9.47 Å². The van der Waals surface area contributed by atoms with E-state index < -0.39 is 0 Å². The molecule has 0 saturated heterocycles. The van der Waals surface area contributed by atoms with Crippen molar-refractivity contribution in [3.63, 3.8) is 0 Å². The summed E-state index contributed by atoms with van der Waals surface area (Å²) in [6, 6.07) is 19.2. The van der Waals surface area contributed by atoms with Crippen molar-refractivity contribution in [2.75, 3.05) is 11.4 Å². The molecular formula is C23H24N2O2. The van der Waals surface area contributed by atoms with Gasteiger partial charge in [-0.3, -0.25) is 9.59 Å². The maximum atomic E-state index is 13.1. The van der Waals surface area contributed by atoms with Crippen LogP contribution < -0.4 is 10.5 Å². The molecule has 1 amide bonds. The number of carbonyl (C=O) groups excluding carboxylic acids is 1. The summed E-state index contributed by atoms with van der Waals surface area (Å²) in [5.41, 5.74) is 3.99. The van der Waals surface area contributed by atoms with Crippen LogP contribution in [0.4, 0.5) is 5.69 Å². The highest BCUT2D eigenvalue weighted by molar-refractivity contribution is 6.05. The third-order valence-electron chi connectivity index (χ3n) is 4.60. The second kappa shape index (κ2) is 8.04. The number of aryl methyl sites for hydroxylation is 2. The molecule has 0 spiro atoms. The fraction of sp³-hybridized carbons (Fsp3) is 0.217. The molecule has 4 heteroatoms. The number of nitrogens with zero attached hydrogens (tertiary/aromatic N) is 2. The summed E-state index contributed by atoms with van der Waals surface area (Å²) in [5, 5.41) is 0. The van der Waals surface area contributed by atoms with Crippen LogP contribution in [0.3, 0.4) is 0 Å². The molecule has 0 radical (unpaired) electrons. The lowest BCUT2D eigenvalue weighted by Crippen LogP contribution is -2.36. The van der Waals surface area contributed by atoms with E-state index in [1.807, 2.05) is 69.3 Å². The molecule has 0 saturated carbocycles. The van der Waals surface area contributed by atoms with Gasteiger partial charge >= 0.3 is 0 Å². The first-order chi connectivity index (χ1) is 13.0. The first-order valence-electron chi connectivity index (χ1n) is 9.13. The molecule has 0 atom stereocenters. The zero-order valence-corrected chi connectivity index (χ0v) is 16.0. The Hall–Kier alpha value is -3.14. The molecule has 2 aromatic carbocycles. The summed E-state index contributed by atoms with van der Waals surface area (Å²) in [6.07, 6.45) is 1.72. The third-order valence-corrected chi connectivity index (χ3v) is 4.60. The average Bonchev–Trinajstić information content (AvgIpc) is 2.66. The van der Waals surface area contributed by atoms with Crippen LogP contribution in [0.2, 0.25) is 0 Å². The molecule has 1 aromatic heterocycles. The summed E-state index contributed by atoms with van der Waals surface area (Å²) in [5.74, 6) is -0.272. The van der Waals surface area contributed by atoms with Gasteiger partial charge in [0.2, 0.25) is 0 Å². The highest BCUT2D eigenvalue weighted by Gasteiger charge is 2.20. The summed E-state index contributed by atoms with van der Waals surface area (Å²) in [4.78, 5) is 27.6. The maximum Gasteiger partial charge on any atom is 0.263 e. The molecule has 138 valence electrons. The molecule has 0 bridgehead atoms. The van der Waals surface area contributed by atoms with Gasteiger partial charge in [-0.2, -0.15) is 0 Å². The molecule has 1 heterocycles. The van der Waals surface area contributed by atoms with Gasteiger partial charge in [0.1, 0.15) is 5.56 Å². The van der Waals surface area contributed by atoms with Crippen LogP contribution in [0.1, 0.15) is 34.0 Å². The van der Waals surface area contributed by atoms with Crippen molar-refractivity contribution < 1.29 is 4.79 Å². The van der Waals surface area contributed by atoms with Crippen LogP contribution in [-0.2, 0) is 6.54 Å². The van der Waals surface area contributed by atoms with Gasteiger partial charge in [0, 0.05) is 18.4 Å². The van der Waals surface area contributed by atoms with E-state index in [0.717, 1.165) is 16.8 Å². The monoisotopic (exact) mass is 360 g/mol. The van der Waals surface area contributed by atoms with E-state index in [0.29, 0.717) is 13.1 Å². The predicted molar refractivity (Wildman–Crippen MR) is 110 cm³/mol. The van der Waals surface area contributed by atoms with E-state index in [4.69, 9.17) is 0 Å². The number of hydrogen-bond donors (Lipinski definition) is 0. The Labute approximate surface area is 159 Å². The Morgan fingerprint density at radius 2 is 1.70 bits per heavy atom. The lowest BCUT2D eigenvalue weighted by molar-refractivity contribution is 0.0986. The predicted octanol–water partition coefficient (Wildman–Crippen LogP) is 4.18. The number of carbonyl (C=O) groups is 1. The normalized spacial score (nSPS) is 10.6. The van der Waals surface area contributed by atoms with Crippen LogP contribution >= 0.6 is 0 Å². The van der Waals surface area contributed by atoms with Gasteiger partial charge in [0.05, 0.1) is 6.54 Å². The van der Waals surface area contributed by atoms with E-state index in [-0.39, 0.29) is 17.0 Å². The summed E-state index contributed by atoms with van der Waals surface area (Å²) >= 11 is 0. The quantitative estimate of drug-likeness (QED) is 0.685. The molecule has 3 rings (SSSR count). The Balaban J connectivity index is 1.93. The molecule has 0 aliphatic heterocycles. The Kier molecular flexibility index (Phi) is 5.55. The zero-order valence-electron chi connectivity index (χ0n) is 16.0. The Bertz CT molecular complexity index is 1000. The number of rotatable bonds is 5. The van der Waals surface area contributed by atoms with Gasteiger partial charge in [0.25, 0.3) is 11.5 Å². The number of anilines is 1. The smallest absolute Gasteiger partial charge is 0.263 e. The minimum Gasteiger partial charge on any atom is -0.310 e. The minimum atomic E-state index is -0.272. The molecule has 0 N–H and O–H groups in total. The number of pyridine rings is 1.